The number of amides is 1. The van der Waals surface area contributed by atoms with Gasteiger partial charge in [-0.15, -0.1) is 0 Å². The lowest BCUT2D eigenvalue weighted by atomic mass is 10.1. The van der Waals surface area contributed by atoms with Gasteiger partial charge < -0.3 is 10.2 Å². The smallest absolute Gasteiger partial charge is 0.285 e. The van der Waals surface area contributed by atoms with E-state index in [4.69, 9.17) is 0 Å². The number of nitro groups is 1. The number of benzene rings is 1. The Kier molecular flexibility index (Phi) is 4.11. The highest BCUT2D eigenvalue weighted by Gasteiger charge is 2.26. The maximum absolute atomic E-state index is 12.4. The number of nitrogens with zero attached hydrogens (tertiary/aromatic N) is 2. The van der Waals surface area contributed by atoms with Gasteiger partial charge in [-0.25, -0.2) is 0 Å². The molecule has 1 amide bonds. The van der Waals surface area contributed by atoms with Gasteiger partial charge in [0.05, 0.1) is 4.92 Å². The molecule has 0 atom stereocenters. The van der Waals surface area contributed by atoms with E-state index in [1.165, 1.54) is 6.07 Å². The first-order valence-electron chi connectivity index (χ1n) is 6.35. The summed E-state index contributed by atoms with van der Waals surface area (Å²) in [7, 11) is 0. The Balaban J connectivity index is 2.32. The quantitative estimate of drug-likeness (QED) is 0.645. The second-order valence-electron chi connectivity index (χ2n) is 4.62. The minimum Gasteiger partial charge on any atom is -0.337 e. The highest BCUT2D eigenvalue weighted by molar-refractivity contribution is 5.98. The summed E-state index contributed by atoms with van der Waals surface area (Å²) in [6.07, 6.45) is 0.866. The third-order valence-corrected chi connectivity index (χ3v) is 3.28. The van der Waals surface area contributed by atoms with Crippen LogP contribution >= 0.6 is 0 Å². The Morgan fingerprint density at radius 1 is 1.37 bits per heavy atom. The Bertz CT molecular complexity index is 494. The molecular formula is C13H17N3O3. The van der Waals surface area contributed by atoms with E-state index in [-0.39, 0.29) is 17.2 Å². The third kappa shape index (κ3) is 2.90. The fourth-order valence-electron chi connectivity index (χ4n) is 2.29. The molecular weight excluding hydrogens is 246 g/mol. The molecule has 0 saturated carbocycles. The number of nitro benzene ring substituents is 1. The van der Waals surface area contributed by atoms with Crippen LogP contribution in [0.5, 0.6) is 0 Å². The molecule has 6 nitrogen and oxygen atoms in total. The van der Waals surface area contributed by atoms with E-state index in [9.17, 15) is 14.9 Å². The number of carbonyl (C=O) groups excluding carboxylic acids is 1. The van der Waals surface area contributed by atoms with E-state index in [0.717, 1.165) is 19.5 Å². The molecule has 2 rings (SSSR count). The van der Waals surface area contributed by atoms with E-state index in [1.807, 2.05) is 0 Å². The van der Waals surface area contributed by atoms with Gasteiger partial charge in [0.25, 0.3) is 11.6 Å². The van der Waals surface area contributed by atoms with Crippen molar-refractivity contribution in [1.29, 1.82) is 0 Å². The molecule has 0 radical (unpaired) electrons. The van der Waals surface area contributed by atoms with Gasteiger partial charge in [-0.3, -0.25) is 14.9 Å². The van der Waals surface area contributed by atoms with Crippen molar-refractivity contribution < 1.29 is 9.72 Å². The van der Waals surface area contributed by atoms with Crippen molar-refractivity contribution in [1.82, 2.24) is 10.2 Å². The van der Waals surface area contributed by atoms with Crippen LogP contribution in [-0.2, 0) is 0 Å². The summed E-state index contributed by atoms with van der Waals surface area (Å²) in [5.41, 5.74) is 0.625. The monoisotopic (exact) mass is 263 g/mol. The SMILES string of the molecule is Cc1cccc(C(=O)N2CCCNCC2)c1[N+](=O)[O-]. The minimum absolute atomic E-state index is 0.0790. The second kappa shape index (κ2) is 5.79. The fraction of sp³-hybridized carbons (Fsp3) is 0.462. The van der Waals surface area contributed by atoms with Crippen LogP contribution < -0.4 is 5.32 Å². The molecule has 1 saturated heterocycles. The van der Waals surface area contributed by atoms with Crippen LogP contribution in [0.25, 0.3) is 0 Å². The van der Waals surface area contributed by atoms with Crippen LogP contribution in [0.1, 0.15) is 22.3 Å². The molecule has 6 heteroatoms. The Morgan fingerprint density at radius 3 is 2.89 bits per heavy atom. The van der Waals surface area contributed by atoms with Gasteiger partial charge in [-0.1, -0.05) is 12.1 Å². The van der Waals surface area contributed by atoms with Crippen LogP contribution in [0, 0.1) is 17.0 Å². The lowest BCUT2D eigenvalue weighted by Gasteiger charge is -2.20. The van der Waals surface area contributed by atoms with Gasteiger partial charge >= 0.3 is 0 Å². The predicted octanol–water partition coefficient (Wildman–Crippen LogP) is 1.34. The number of aryl methyl sites for hydroxylation is 1. The molecule has 1 N–H and O–H groups in total. The molecule has 1 heterocycles. The average Bonchev–Trinajstić information content (AvgIpc) is 2.66. The van der Waals surface area contributed by atoms with Gasteiger partial charge in [0.1, 0.15) is 5.56 Å². The van der Waals surface area contributed by atoms with E-state index in [1.54, 1.807) is 24.0 Å². The summed E-state index contributed by atoms with van der Waals surface area (Å²) in [6, 6.07) is 4.87. The van der Waals surface area contributed by atoms with Crippen LogP contribution in [0.3, 0.4) is 0 Å². The first-order valence-corrected chi connectivity index (χ1v) is 6.35. The minimum atomic E-state index is -0.474. The summed E-state index contributed by atoms with van der Waals surface area (Å²) in [4.78, 5) is 24.8. The highest BCUT2D eigenvalue weighted by atomic mass is 16.6. The summed E-state index contributed by atoms with van der Waals surface area (Å²) >= 11 is 0. The zero-order valence-corrected chi connectivity index (χ0v) is 10.9. The highest BCUT2D eigenvalue weighted by Crippen LogP contribution is 2.24. The molecule has 1 aromatic rings. The molecule has 1 aromatic carbocycles. The topological polar surface area (TPSA) is 75.5 Å². The number of para-hydroxylation sites is 1. The van der Waals surface area contributed by atoms with Gasteiger partial charge in [-0.2, -0.15) is 0 Å². The summed E-state index contributed by atoms with van der Waals surface area (Å²) < 4.78 is 0. The van der Waals surface area contributed by atoms with E-state index in [2.05, 4.69) is 5.32 Å². The first kappa shape index (κ1) is 13.5. The molecule has 0 aliphatic carbocycles. The third-order valence-electron chi connectivity index (χ3n) is 3.28. The normalized spacial score (nSPS) is 15.9. The number of carbonyl (C=O) groups is 1. The molecule has 0 spiro atoms. The molecule has 1 aliphatic heterocycles. The lowest BCUT2D eigenvalue weighted by Crippen LogP contribution is -2.34. The molecule has 1 aliphatic rings. The second-order valence-corrected chi connectivity index (χ2v) is 4.62. The number of rotatable bonds is 2. The van der Waals surface area contributed by atoms with Crippen molar-refractivity contribution in [2.24, 2.45) is 0 Å². The van der Waals surface area contributed by atoms with Gasteiger partial charge in [0, 0.05) is 25.2 Å². The summed E-state index contributed by atoms with van der Waals surface area (Å²) in [6.45, 7) is 4.48. The largest absolute Gasteiger partial charge is 0.337 e. The van der Waals surface area contributed by atoms with Crippen LogP contribution in [-0.4, -0.2) is 41.9 Å². The summed E-state index contributed by atoms with van der Waals surface area (Å²) in [5, 5.41) is 14.3. The predicted molar refractivity (Wildman–Crippen MR) is 71.2 cm³/mol. The maximum Gasteiger partial charge on any atom is 0.285 e. The number of hydrogen-bond donors (Lipinski definition) is 1. The molecule has 0 aromatic heterocycles. The van der Waals surface area contributed by atoms with Crippen molar-refractivity contribution >= 4 is 11.6 Å². The Morgan fingerprint density at radius 2 is 2.16 bits per heavy atom. The van der Waals surface area contributed by atoms with E-state index >= 15 is 0 Å². The van der Waals surface area contributed by atoms with Gasteiger partial charge in [-0.05, 0) is 26.0 Å². The van der Waals surface area contributed by atoms with Gasteiger partial charge in [0.15, 0.2) is 0 Å². The molecule has 0 bridgehead atoms. The molecule has 1 fully saturated rings. The van der Waals surface area contributed by atoms with Crippen molar-refractivity contribution in [3.05, 3.63) is 39.4 Å². The van der Waals surface area contributed by atoms with Crippen LogP contribution in [0.2, 0.25) is 0 Å². The first-order chi connectivity index (χ1) is 9.11. The van der Waals surface area contributed by atoms with Crippen LogP contribution in [0.15, 0.2) is 18.2 Å². The molecule has 102 valence electrons. The molecule has 0 unspecified atom stereocenters. The zero-order chi connectivity index (χ0) is 13.8. The summed E-state index contributed by atoms with van der Waals surface area (Å²) in [5.74, 6) is -0.251. The lowest BCUT2D eigenvalue weighted by molar-refractivity contribution is -0.385. The average molecular weight is 263 g/mol. The van der Waals surface area contributed by atoms with Crippen molar-refractivity contribution in [2.45, 2.75) is 13.3 Å². The fourth-order valence-corrected chi connectivity index (χ4v) is 2.29. The van der Waals surface area contributed by atoms with Crippen molar-refractivity contribution in [3.8, 4) is 0 Å². The van der Waals surface area contributed by atoms with Gasteiger partial charge in [0.2, 0.25) is 0 Å². The van der Waals surface area contributed by atoms with E-state index in [0.29, 0.717) is 18.7 Å². The van der Waals surface area contributed by atoms with Crippen molar-refractivity contribution in [2.75, 3.05) is 26.2 Å². The van der Waals surface area contributed by atoms with Crippen LogP contribution in [0.4, 0.5) is 5.69 Å². The number of hydrogen-bond acceptors (Lipinski definition) is 4. The van der Waals surface area contributed by atoms with Crippen molar-refractivity contribution in [3.63, 3.8) is 0 Å². The van der Waals surface area contributed by atoms with E-state index < -0.39 is 4.92 Å². The standard InChI is InChI=1S/C13H17N3O3/c1-10-4-2-5-11(12(10)16(18)19)13(17)15-8-3-6-14-7-9-15/h2,4-5,14H,3,6-9H2,1H3. The number of nitrogens with one attached hydrogen (secondary N) is 1. The Hall–Kier alpha value is -1.95. The Labute approximate surface area is 111 Å². The molecule has 19 heavy (non-hydrogen) atoms. The zero-order valence-electron chi connectivity index (χ0n) is 10.9. The maximum atomic E-state index is 12.4.